The van der Waals surface area contributed by atoms with Gasteiger partial charge in [-0.2, -0.15) is 23.5 Å². The van der Waals surface area contributed by atoms with Gasteiger partial charge in [-0.05, 0) is 44.5 Å². The van der Waals surface area contributed by atoms with E-state index in [0.29, 0.717) is 10.5 Å². The van der Waals surface area contributed by atoms with E-state index in [0.717, 1.165) is 28.9 Å². The number of halogens is 1. The van der Waals surface area contributed by atoms with Gasteiger partial charge in [-0.15, -0.1) is 0 Å². The van der Waals surface area contributed by atoms with Crippen LogP contribution in [0.5, 0.6) is 0 Å². The van der Waals surface area contributed by atoms with Gasteiger partial charge >= 0.3 is 0 Å². The molecule has 20 heavy (non-hydrogen) atoms. The van der Waals surface area contributed by atoms with Crippen LogP contribution in [0.3, 0.4) is 0 Å². The van der Waals surface area contributed by atoms with Gasteiger partial charge in [0.1, 0.15) is 5.82 Å². The van der Waals surface area contributed by atoms with Crippen LogP contribution in [0.1, 0.15) is 36.1 Å². The molecule has 3 atom stereocenters. The summed E-state index contributed by atoms with van der Waals surface area (Å²) in [7, 11) is 1.95. The molecule has 112 valence electrons. The average molecular weight is 314 g/mol. The molecule has 0 bridgehead atoms. The second-order valence-electron chi connectivity index (χ2n) is 5.40. The van der Waals surface area contributed by atoms with E-state index < -0.39 is 0 Å². The third-order valence-electron chi connectivity index (χ3n) is 3.93. The van der Waals surface area contributed by atoms with E-state index in [4.69, 9.17) is 0 Å². The molecular formula is C16H24FNS2. The molecule has 2 rings (SSSR count). The molecule has 1 aliphatic rings. The van der Waals surface area contributed by atoms with Gasteiger partial charge in [0, 0.05) is 33.6 Å². The zero-order chi connectivity index (χ0) is 14.7. The first kappa shape index (κ1) is 16.2. The van der Waals surface area contributed by atoms with E-state index in [1.54, 1.807) is 6.07 Å². The Kier molecular flexibility index (Phi) is 5.82. The van der Waals surface area contributed by atoms with Crippen molar-refractivity contribution >= 4 is 23.5 Å². The van der Waals surface area contributed by atoms with Crippen molar-refractivity contribution in [2.45, 2.75) is 43.7 Å². The molecule has 1 fully saturated rings. The third-order valence-corrected chi connectivity index (χ3v) is 7.28. The molecule has 1 heterocycles. The lowest BCUT2D eigenvalue weighted by atomic mass is 9.94. The van der Waals surface area contributed by atoms with Crippen LogP contribution < -0.4 is 5.32 Å². The summed E-state index contributed by atoms with van der Waals surface area (Å²) in [4.78, 5) is 0. The smallest absolute Gasteiger partial charge is 0.128 e. The Morgan fingerprint density at radius 3 is 2.60 bits per heavy atom. The van der Waals surface area contributed by atoms with Gasteiger partial charge < -0.3 is 5.32 Å². The van der Waals surface area contributed by atoms with Gasteiger partial charge in [-0.3, -0.25) is 0 Å². The van der Waals surface area contributed by atoms with Crippen molar-refractivity contribution in [3.8, 4) is 0 Å². The monoisotopic (exact) mass is 313 g/mol. The predicted molar refractivity (Wildman–Crippen MR) is 90.5 cm³/mol. The molecule has 1 N–H and O–H groups in total. The number of hydrogen-bond acceptors (Lipinski definition) is 3. The van der Waals surface area contributed by atoms with Gasteiger partial charge in [0.2, 0.25) is 0 Å². The number of thioether (sulfide) groups is 2. The molecule has 3 unspecified atom stereocenters. The number of aryl methyl sites for hydroxylation is 2. The van der Waals surface area contributed by atoms with Gasteiger partial charge in [0.25, 0.3) is 0 Å². The Balaban J connectivity index is 2.36. The molecule has 0 spiro atoms. The molecule has 0 saturated carbocycles. The Morgan fingerprint density at radius 2 is 2.00 bits per heavy atom. The molecule has 1 aliphatic heterocycles. The molecule has 4 heteroatoms. The van der Waals surface area contributed by atoms with E-state index in [1.165, 1.54) is 5.75 Å². The lowest BCUT2D eigenvalue weighted by molar-refractivity contribution is 0.504. The van der Waals surface area contributed by atoms with Crippen molar-refractivity contribution in [2.75, 3.05) is 18.6 Å². The molecule has 1 nitrogen and oxygen atoms in total. The normalized spacial score (nSPS) is 24.6. The largest absolute Gasteiger partial charge is 0.312 e. The van der Waals surface area contributed by atoms with Crippen molar-refractivity contribution in [3.05, 3.63) is 34.6 Å². The second kappa shape index (κ2) is 7.19. The first-order valence-electron chi connectivity index (χ1n) is 7.25. The fraction of sp³-hybridized carbons (Fsp3) is 0.625. The molecule has 0 amide bonds. The number of nitrogens with one attached hydrogen (secondary N) is 1. The molecule has 1 aromatic rings. The van der Waals surface area contributed by atoms with E-state index in [1.807, 2.05) is 44.4 Å². The maximum Gasteiger partial charge on any atom is 0.128 e. The second-order valence-corrected chi connectivity index (χ2v) is 8.03. The molecule has 1 aromatic carbocycles. The van der Waals surface area contributed by atoms with Crippen LogP contribution in [0.25, 0.3) is 0 Å². The summed E-state index contributed by atoms with van der Waals surface area (Å²) in [6, 6.07) is 3.84. The summed E-state index contributed by atoms with van der Waals surface area (Å²) in [5.41, 5.74) is 2.92. The zero-order valence-electron chi connectivity index (χ0n) is 12.7. The summed E-state index contributed by atoms with van der Waals surface area (Å²) in [5.74, 6) is 2.31. The van der Waals surface area contributed by atoms with Crippen molar-refractivity contribution < 1.29 is 4.39 Å². The minimum atomic E-state index is -0.0622. The fourth-order valence-corrected chi connectivity index (χ4v) is 6.31. The van der Waals surface area contributed by atoms with Crippen molar-refractivity contribution in [1.29, 1.82) is 0 Å². The first-order chi connectivity index (χ1) is 9.58. The van der Waals surface area contributed by atoms with Crippen LogP contribution in [0.4, 0.5) is 4.39 Å². The molecule has 0 radical (unpaired) electrons. The Morgan fingerprint density at radius 1 is 1.30 bits per heavy atom. The Bertz CT molecular complexity index is 441. The quantitative estimate of drug-likeness (QED) is 0.888. The highest BCUT2D eigenvalue weighted by Crippen LogP contribution is 2.41. The van der Waals surface area contributed by atoms with Gasteiger partial charge in [-0.25, -0.2) is 4.39 Å². The maximum absolute atomic E-state index is 14.5. The maximum atomic E-state index is 14.5. The SMILES string of the molecule is CCC1SCCSC1C(NC)c1c(C)cc(C)cc1F. The van der Waals surface area contributed by atoms with E-state index in [2.05, 4.69) is 18.3 Å². The summed E-state index contributed by atoms with van der Waals surface area (Å²) in [6.07, 6.45) is 1.15. The van der Waals surface area contributed by atoms with Gasteiger partial charge in [-0.1, -0.05) is 13.0 Å². The highest BCUT2D eigenvalue weighted by Gasteiger charge is 2.34. The Hall–Kier alpha value is -0.190. The third kappa shape index (κ3) is 3.34. The van der Waals surface area contributed by atoms with Gasteiger partial charge in [0.05, 0.1) is 0 Å². The van der Waals surface area contributed by atoms with Crippen LogP contribution >= 0.6 is 23.5 Å². The van der Waals surface area contributed by atoms with Crippen LogP contribution in [0.15, 0.2) is 12.1 Å². The summed E-state index contributed by atoms with van der Waals surface area (Å²) in [6.45, 7) is 6.22. The van der Waals surface area contributed by atoms with Crippen LogP contribution in [0, 0.1) is 19.7 Å². The minimum absolute atomic E-state index is 0.0622. The summed E-state index contributed by atoms with van der Waals surface area (Å²) in [5, 5.41) is 4.43. The van der Waals surface area contributed by atoms with Crippen molar-refractivity contribution in [3.63, 3.8) is 0 Å². The standard InChI is InChI=1S/C16H24FNS2/c1-5-13-16(20-7-6-19-13)15(18-4)14-11(3)8-10(2)9-12(14)17/h8-9,13,15-16,18H,5-7H2,1-4H3. The predicted octanol–water partition coefficient (Wildman–Crippen LogP) is 4.33. The van der Waals surface area contributed by atoms with Crippen LogP contribution in [-0.2, 0) is 0 Å². The molecule has 1 saturated heterocycles. The number of rotatable bonds is 4. The van der Waals surface area contributed by atoms with Crippen LogP contribution in [-0.4, -0.2) is 29.1 Å². The highest BCUT2D eigenvalue weighted by molar-refractivity contribution is 8.07. The van der Waals surface area contributed by atoms with Crippen molar-refractivity contribution in [2.24, 2.45) is 0 Å². The fourth-order valence-electron chi connectivity index (χ4n) is 3.04. The summed E-state index contributed by atoms with van der Waals surface area (Å²) < 4.78 is 14.5. The minimum Gasteiger partial charge on any atom is -0.312 e. The Labute approximate surface area is 130 Å². The topological polar surface area (TPSA) is 12.0 Å². The average Bonchev–Trinajstić information content (AvgIpc) is 2.42. The zero-order valence-corrected chi connectivity index (χ0v) is 14.3. The van der Waals surface area contributed by atoms with E-state index in [9.17, 15) is 4.39 Å². The lowest BCUT2D eigenvalue weighted by Crippen LogP contribution is -2.38. The van der Waals surface area contributed by atoms with Crippen molar-refractivity contribution in [1.82, 2.24) is 5.32 Å². The van der Waals surface area contributed by atoms with E-state index >= 15 is 0 Å². The van der Waals surface area contributed by atoms with Crippen LogP contribution in [0.2, 0.25) is 0 Å². The van der Waals surface area contributed by atoms with E-state index in [-0.39, 0.29) is 11.9 Å². The summed E-state index contributed by atoms with van der Waals surface area (Å²) >= 11 is 4.04. The molecular weight excluding hydrogens is 289 g/mol. The highest BCUT2D eigenvalue weighted by atomic mass is 32.2. The lowest BCUT2D eigenvalue weighted by Gasteiger charge is -2.36. The number of benzene rings is 1. The number of hydrogen-bond donors (Lipinski definition) is 1. The first-order valence-corrected chi connectivity index (χ1v) is 9.35. The molecule has 0 aromatic heterocycles. The molecule has 0 aliphatic carbocycles. The van der Waals surface area contributed by atoms with Gasteiger partial charge in [0.15, 0.2) is 0 Å².